The molecule has 6 nitrogen and oxygen atoms in total. The molecule has 1 N–H and O–H groups in total. The van der Waals surface area contributed by atoms with Crippen molar-refractivity contribution in [1.82, 2.24) is 5.32 Å². The predicted molar refractivity (Wildman–Crippen MR) is 123 cm³/mol. The van der Waals surface area contributed by atoms with Crippen molar-refractivity contribution in [2.75, 3.05) is 17.7 Å². The van der Waals surface area contributed by atoms with E-state index in [0.717, 1.165) is 17.4 Å². The monoisotopic (exact) mass is 458 g/mol. The minimum Gasteiger partial charge on any atom is -0.496 e. The van der Waals surface area contributed by atoms with E-state index in [0.29, 0.717) is 28.6 Å². The lowest BCUT2D eigenvalue weighted by Gasteiger charge is -2.22. The van der Waals surface area contributed by atoms with E-state index >= 15 is 0 Å². The standard InChI is InChI=1S/C23H23ClN2O4S/c1-30-22-9-4-3-6-19(22)15-25-23(27)18-12-10-17(11-13-18)16-26(31(2,28)29)21-8-5-7-20(24)14-21/h3-14H,15-16H2,1-2H3,(H,25,27). The summed E-state index contributed by atoms with van der Waals surface area (Å²) in [6, 6.07) is 21.0. The summed E-state index contributed by atoms with van der Waals surface area (Å²) >= 11 is 6.02. The number of amides is 1. The Morgan fingerprint density at radius 3 is 2.39 bits per heavy atom. The number of carbonyl (C=O) groups is 1. The first-order chi connectivity index (χ1) is 14.8. The highest BCUT2D eigenvalue weighted by atomic mass is 35.5. The van der Waals surface area contributed by atoms with Crippen LogP contribution in [0, 0.1) is 0 Å². The fourth-order valence-corrected chi connectivity index (χ4v) is 4.15. The van der Waals surface area contributed by atoms with Crippen molar-refractivity contribution in [3.63, 3.8) is 0 Å². The maximum Gasteiger partial charge on any atom is 0.251 e. The van der Waals surface area contributed by atoms with Crippen LogP contribution in [0.4, 0.5) is 5.69 Å². The molecule has 0 aromatic heterocycles. The topological polar surface area (TPSA) is 75.7 Å². The molecule has 0 saturated carbocycles. The summed E-state index contributed by atoms with van der Waals surface area (Å²) in [5.74, 6) is 0.479. The molecule has 8 heteroatoms. The van der Waals surface area contributed by atoms with Gasteiger partial charge < -0.3 is 10.1 Å². The van der Waals surface area contributed by atoms with E-state index in [2.05, 4.69) is 5.32 Å². The first-order valence-electron chi connectivity index (χ1n) is 9.50. The molecule has 0 saturated heterocycles. The predicted octanol–water partition coefficient (Wildman–Crippen LogP) is 4.24. The lowest BCUT2D eigenvalue weighted by molar-refractivity contribution is 0.0950. The third-order valence-electron chi connectivity index (χ3n) is 4.67. The first kappa shape index (κ1) is 22.7. The number of anilines is 1. The van der Waals surface area contributed by atoms with Gasteiger partial charge in [0.1, 0.15) is 5.75 Å². The molecule has 0 aliphatic carbocycles. The second-order valence-corrected chi connectivity index (χ2v) is 9.28. The second kappa shape index (κ2) is 9.85. The average Bonchev–Trinajstić information content (AvgIpc) is 2.75. The van der Waals surface area contributed by atoms with Crippen molar-refractivity contribution in [1.29, 1.82) is 0 Å². The average molecular weight is 459 g/mol. The summed E-state index contributed by atoms with van der Waals surface area (Å²) < 4.78 is 31.2. The molecule has 0 unspecified atom stereocenters. The van der Waals surface area contributed by atoms with Gasteiger partial charge in [0.05, 0.1) is 25.6 Å². The van der Waals surface area contributed by atoms with Crippen molar-refractivity contribution in [2.24, 2.45) is 0 Å². The molecule has 3 aromatic carbocycles. The van der Waals surface area contributed by atoms with Crippen LogP contribution in [0.2, 0.25) is 5.02 Å². The molecule has 3 aromatic rings. The van der Waals surface area contributed by atoms with Gasteiger partial charge in [0.2, 0.25) is 10.0 Å². The van der Waals surface area contributed by atoms with E-state index in [9.17, 15) is 13.2 Å². The third-order valence-corrected chi connectivity index (χ3v) is 6.05. The maximum atomic E-state index is 12.5. The Bertz CT molecular complexity index is 1160. The number of rotatable bonds is 8. The van der Waals surface area contributed by atoms with Crippen LogP contribution in [0.15, 0.2) is 72.8 Å². The zero-order chi connectivity index (χ0) is 22.4. The Morgan fingerprint density at radius 1 is 1.03 bits per heavy atom. The Balaban J connectivity index is 1.70. The number of benzene rings is 3. The molecule has 0 radical (unpaired) electrons. The summed E-state index contributed by atoms with van der Waals surface area (Å²) in [4.78, 5) is 12.5. The van der Waals surface area contributed by atoms with E-state index in [4.69, 9.17) is 16.3 Å². The number of sulfonamides is 1. The summed E-state index contributed by atoms with van der Waals surface area (Å²) in [5, 5.41) is 3.32. The molecular formula is C23H23ClN2O4S. The highest BCUT2D eigenvalue weighted by molar-refractivity contribution is 7.92. The van der Waals surface area contributed by atoms with E-state index in [1.165, 1.54) is 4.31 Å². The van der Waals surface area contributed by atoms with E-state index in [-0.39, 0.29) is 12.5 Å². The molecule has 0 aliphatic heterocycles. The number of hydrogen-bond acceptors (Lipinski definition) is 4. The minimum atomic E-state index is -3.52. The van der Waals surface area contributed by atoms with Crippen LogP contribution in [0.1, 0.15) is 21.5 Å². The molecule has 31 heavy (non-hydrogen) atoms. The molecule has 162 valence electrons. The molecule has 0 atom stereocenters. The number of halogens is 1. The van der Waals surface area contributed by atoms with Crippen LogP contribution in [0.5, 0.6) is 5.75 Å². The number of carbonyl (C=O) groups excluding carboxylic acids is 1. The summed E-state index contributed by atoms with van der Waals surface area (Å²) in [6.45, 7) is 0.462. The van der Waals surface area contributed by atoms with Crippen molar-refractivity contribution < 1.29 is 17.9 Å². The van der Waals surface area contributed by atoms with E-state index in [1.807, 2.05) is 24.3 Å². The summed E-state index contributed by atoms with van der Waals surface area (Å²) in [5.41, 5.74) is 2.58. The molecule has 0 bridgehead atoms. The molecular weight excluding hydrogens is 436 g/mol. The van der Waals surface area contributed by atoms with Gasteiger partial charge in [-0.05, 0) is 42.0 Å². The molecule has 0 aliphatic rings. The number of nitrogens with one attached hydrogen (secondary N) is 1. The molecule has 0 spiro atoms. The molecule has 0 heterocycles. The van der Waals surface area contributed by atoms with Crippen molar-refractivity contribution in [3.05, 3.63) is 94.5 Å². The van der Waals surface area contributed by atoms with Gasteiger partial charge in [-0.3, -0.25) is 9.10 Å². The van der Waals surface area contributed by atoms with Gasteiger partial charge in [0.25, 0.3) is 5.91 Å². The number of methoxy groups -OCH3 is 1. The highest BCUT2D eigenvalue weighted by Crippen LogP contribution is 2.24. The van der Waals surface area contributed by atoms with Crippen molar-refractivity contribution in [3.8, 4) is 5.75 Å². The summed E-state index contributed by atoms with van der Waals surface area (Å²) in [6.07, 6.45) is 1.15. The van der Waals surface area contributed by atoms with Gasteiger partial charge in [-0.2, -0.15) is 0 Å². The lowest BCUT2D eigenvalue weighted by Crippen LogP contribution is -2.29. The number of hydrogen-bond donors (Lipinski definition) is 1. The van der Waals surface area contributed by atoms with Gasteiger partial charge in [-0.1, -0.05) is 48.0 Å². The Labute approximate surface area is 187 Å². The maximum absolute atomic E-state index is 12.5. The quantitative estimate of drug-likeness (QED) is 0.547. The largest absolute Gasteiger partial charge is 0.496 e. The molecule has 3 rings (SSSR count). The first-order valence-corrected chi connectivity index (χ1v) is 11.7. The number of ether oxygens (including phenoxy) is 1. The van der Waals surface area contributed by atoms with Crippen LogP contribution >= 0.6 is 11.6 Å². The van der Waals surface area contributed by atoms with Gasteiger partial charge in [0, 0.05) is 22.7 Å². The molecule has 0 fully saturated rings. The van der Waals surface area contributed by atoms with Crippen molar-refractivity contribution in [2.45, 2.75) is 13.1 Å². The van der Waals surface area contributed by atoms with Crippen LogP contribution in [-0.2, 0) is 23.1 Å². The zero-order valence-electron chi connectivity index (χ0n) is 17.2. The highest BCUT2D eigenvalue weighted by Gasteiger charge is 2.18. The Hall–Kier alpha value is -3.03. The zero-order valence-corrected chi connectivity index (χ0v) is 18.8. The van der Waals surface area contributed by atoms with Crippen molar-refractivity contribution >= 4 is 33.2 Å². The van der Waals surface area contributed by atoms with Crippen LogP contribution in [-0.4, -0.2) is 27.7 Å². The fraction of sp³-hybridized carbons (Fsp3) is 0.174. The fourth-order valence-electron chi connectivity index (χ4n) is 3.09. The second-order valence-electron chi connectivity index (χ2n) is 6.94. The van der Waals surface area contributed by atoms with Gasteiger partial charge >= 0.3 is 0 Å². The van der Waals surface area contributed by atoms with Crippen LogP contribution < -0.4 is 14.4 Å². The van der Waals surface area contributed by atoms with Gasteiger partial charge in [-0.15, -0.1) is 0 Å². The SMILES string of the molecule is COc1ccccc1CNC(=O)c1ccc(CN(c2cccc(Cl)c2)S(C)(=O)=O)cc1. The smallest absolute Gasteiger partial charge is 0.251 e. The Kier molecular flexibility index (Phi) is 7.20. The van der Waals surface area contributed by atoms with E-state index < -0.39 is 10.0 Å². The van der Waals surface area contributed by atoms with Gasteiger partial charge in [-0.25, -0.2) is 8.42 Å². The summed E-state index contributed by atoms with van der Waals surface area (Å²) in [7, 11) is -1.94. The number of para-hydroxylation sites is 1. The normalized spacial score (nSPS) is 11.1. The lowest BCUT2D eigenvalue weighted by atomic mass is 10.1. The minimum absolute atomic E-state index is 0.127. The van der Waals surface area contributed by atoms with Crippen LogP contribution in [0.25, 0.3) is 0 Å². The van der Waals surface area contributed by atoms with Crippen LogP contribution in [0.3, 0.4) is 0 Å². The third kappa shape index (κ3) is 5.99. The molecule has 1 amide bonds. The number of nitrogens with zero attached hydrogens (tertiary/aromatic N) is 1. The van der Waals surface area contributed by atoms with E-state index in [1.54, 1.807) is 55.6 Å². The van der Waals surface area contributed by atoms with Gasteiger partial charge in [0.15, 0.2) is 0 Å². The Morgan fingerprint density at radius 2 is 1.74 bits per heavy atom.